The monoisotopic (exact) mass is 399 g/mol. The molecule has 0 aliphatic rings. The number of carboxylic acid groups (broad SMARTS) is 1. The van der Waals surface area contributed by atoms with Gasteiger partial charge in [0.25, 0.3) is 0 Å². The summed E-state index contributed by atoms with van der Waals surface area (Å²) in [5.74, 6) is 4.95. The van der Waals surface area contributed by atoms with E-state index in [2.05, 4.69) is 17.2 Å². The molecule has 1 amide bonds. The van der Waals surface area contributed by atoms with Gasteiger partial charge in [0.1, 0.15) is 5.75 Å². The predicted octanol–water partition coefficient (Wildman–Crippen LogP) is 3.85. The minimum Gasteiger partial charge on any atom is -0.508 e. The zero-order chi connectivity index (χ0) is 20.7. The van der Waals surface area contributed by atoms with E-state index in [9.17, 15) is 19.8 Å². The standard InChI is InChI=1S/C22H22ClNO4/c1-14(2)21(26)24-11-3-4-17-12-18(22(27)28)8-6-15(17)5-7-16-9-10-19(25)13-20(16)23/h6,8-10,12-14,25H,3-4,11H2,1-2H3,(H,24,26)(H,27,28). The van der Waals surface area contributed by atoms with Gasteiger partial charge in [0, 0.05) is 23.6 Å². The summed E-state index contributed by atoms with van der Waals surface area (Å²) in [6.07, 6.45) is 1.24. The van der Waals surface area contributed by atoms with Crippen molar-refractivity contribution < 1.29 is 19.8 Å². The summed E-state index contributed by atoms with van der Waals surface area (Å²) in [4.78, 5) is 22.9. The van der Waals surface area contributed by atoms with Crippen molar-refractivity contribution in [2.24, 2.45) is 5.92 Å². The molecule has 0 aliphatic carbocycles. The van der Waals surface area contributed by atoms with E-state index in [1.165, 1.54) is 18.2 Å². The lowest BCUT2D eigenvalue weighted by molar-refractivity contribution is -0.123. The Morgan fingerprint density at radius 2 is 1.79 bits per heavy atom. The molecule has 0 heterocycles. The second-order valence-electron chi connectivity index (χ2n) is 6.64. The van der Waals surface area contributed by atoms with Crippen LogP contribution in [-0.2, 0) is 11.2 Å². The Morgan fingerprint density at radius 1 is 1.11 bits per heavy atom. The third kappa shape index (κ3) is 6.04. The van der Waals surface area contributed by atoms with Crippen molar-refractivity contribution in [3.63, 3.8) is 0 Å². The number of phenols is 1. The van der Waals surface area contributed by atoms with Crippen LogP contribution < -0.4 is 5.32 Å². The SMILES string of the molecule is CC(C)C(=O)NCCCc1cc(C(=O)O)ccc1C#Cc1ccc(O)cc1Cl. The number of halogens is 1. The van der Waals surface area contributed by atoms with E-state index in [-0.39, 0.29) is 23.1 Å². The number of carbonyl (C=O) groups is 2. The third-order valence-corrected chi connectivity index (χ3v) is 4.40. The van der Waals surface area contributed by atoms with E-state index >= 15 is 0 Å². The van der Waals surface area contributed by atoms with Gasteiger partial charge in [0.2, 0.25) is 5.91 Å². The first kappa shape index (κ1) is 21.3. The van der Waals surface area contributed by atoms with Crippen LogP contribution in [0.15, 0.2) is 36.4 Å². The molecule has 0 aliphatic heterocycles. The number of aromatic hydroxyl groups is 1. The molecule has 0 unspecified atom stereocenters. The lowest BCUT2D eigenvalue weighted by Crippen LogP contribution is -2.28. The number of nitrogens with one attached hydrogen (secondary N) is 1. The van der Waals surface area contributed by atoms with Crippen LogP contribution in [-0.4, -0.2) is 28.6 Å². The third-order valence-electron chi connectivity index (χ3n) is 4.08. The van der Waals surface area contributed by atoms with Crippen molar-refractivity contribution in [1.82, 2.24) is 5.32 Å². The van der Waals surface area contributed by atoms with Gasteiger partial charge in [-0.05, 0) is 54.8 Å². The van der Waals surface area contributed by atoms with Gasteiger partial charge in [-0.2, -0.15) is 0 Å². The normalized spacial score (nSPS) is 10.3. The number of aromatic carboxylic acids is 1. The van der Waals surface area contributed by atoms with Crippen molar-refractivity contribution in [2.45, 2.75) is 26.7 Å². The van der Waals surface area contributed by atoms with E-state index in [4.69, 9.17) is 11.6 Å². The average Bonchev–Trinajstić information content (AvgIpc) is 2.64. The molecule has 0 saturated heterocycles. The number of carbonyl (C=O) groups excluding carboxylic acids is 1. The van der Waals surface area contributed by atoms with Crippen molar-refractivity contribution in [1.29, 1.82) is 0 Å². The zero-order valence-electron chi connectivity index (χ0n) is 15.8. The molecular weight excluding hydrogens is 378 g/mol. The molecule has 0 aromatic heterocycles. The maximum Gasteiger partial charge on any atom is 0.335 e. The Kier molecular flexibility index (Phi) is 7.48. The molecule has 0 saturated carbocycles. The van der Waals surface area contributed by atoms with Gasteiger partial charge < -0.3 is 15.5 Å². The molecule has 28 heavy (non-hydrogen) atoms. The van der Waals surface area contributed by atoms with Crippen molar-refractivity contribution >= 4 is 23.5 Å². The van der Waals surface area contributed by atoms with Crippen molar-refractivity contribution in [3.05, 3.63) is 63.7 Å². The maximum atomic E-state index is 11.6. The predicted molar refractivity (Wildman–Crippen MR) is 109 cm³/mol. The summed E-state index contributed by atoms with van der Waals surface area (Å²) in [5.41, 5.74) is 2.25. The number of aryl methyl sites for hydroxylation is 1. The molecule has 0 atom stereocenters. The van der Waals surface area contributed by atoms with Crippen LogP contribution in [0, 0.1) is 17.8 Å². The number of phenolic OH excluding ortho intramolecular Hbond substituents is 1. The molecule has 3 N–H and O–H groups in total. The van der Waals surface area contributed by atoms with E-state index < -0.39 is 5.97 Å². The fourth-order valence-corrected chi connectivity index (χ4v) is 2.71. The Bertz CT molecular complexity index is 941. The highest BCUT2D eigenvalue weighted by Gasteiger charge is 2.09. The molecular formula is C22H22ClNO4. The number of rotatable bonds is 6. The first-order chi connectivity index (χ1) is 13.3. The molecule has 6 heteroatoms. The number of amides is 1. The minimum atomic E-state index is -1.00. The molecule has 2 aromatic carbocycles. The minimum absolute atomic E-state index is 0.0127. The maximum absolute atomic E-state index is 11.6. The summed E-state index contributed by atoms with van der Waals surface area (Å²) in [6, 6.07) is 9.33. The highest BCUT2D eigenvalue weighted by molar-refractivity contribution is 6.31. The number of hydrogen-bond donors (Lipinski definition) is 3. The fraction of sp³-hybridized carbons (Fsp3) is 0.273. The number of carboxylic acids is 1. The second-order valence-corrected chi connectivity index (χ2v) is 7.05. The Labute approximate surface area is 169 Å². The summed E-state index contributed by atoms with van der Waals surface area (Å²) in [5, 5.41) is 21.9. The van der Waals surface area contributed by atoms with Crippen LogP contribution in [0.1, 0.15) is 47.3 Å². The van der Waals surface area contributed by atoms with E-state index in [1.807, 2.05) is 13.8 Å². The topological polar surface area (TPSA) is 86.6 Å². The number of benzene rings is 2. The van der Waals surface area contributed by atoms with E-state index in [0.717, 1.165) is 5.56 Å². The first-order valence-electron chi connectivity index (χ1n) is 8.92. The molecule has 0 radical (unpaired) electrons. The molecule has 146 valence electrons. The quantitative estimate of drug-likeness (QED) is 0.508. The van der Waals surface area contributed by atoms with Gasteiger partial charge in [-0.3, -0.25) is 4.79 Å². The summed E-state index contributed by atoms with van der Waals surface area (Å²) in [7, 11) is 0. The van der Waals surface area contributed by atoms with Crippen LogP contribution in [0.25, 0.3) is 0 Å². The van der Waals surface area contributed by atoms with Crippen LogP contribution >= 0.6 is 11.6 Å². The lowest BCUT2D eigenvalue weighted by atomic mass is 9.99. The van der Waals surface area contributed by atoms with Crippen LogP contribution in [0.2, 0.25) is 5.02 Å². The van der Waals surface area contributed by atoms with Crippen LogP contribution in [0.5, 0.6) is 5.75 Å². The van der Waals surface area contributed by atoms with Gasteiger partial charge >= 0.3 is 5.97 Å². The average molecular weight is 400 g/mol. The first-order valence-corrected chi connectivity index (χ1v) is 9.30. The molecule has 2 rings (SSSR count). The Morgan fingerprint density at radius 3 is 2.43 bits per heavy atom. The van der Waals surface area contributed by atoms with Gasteiger partial charge in [0.15, 0.2) is 0 Å². The molecule has 0 bridgehead atoms. The van der Waals surface area contributed by atoms with E-state index in [1.54, 1.807) is 18.2 Å². The fourth-order valence-electron chi connectivity index (χ4n) is 2.49. The lowest BCUT2D eigenvalue weighted by Gasteiger charge is -2.09. The molecule has 2 aromatic rings. The largest absolute Gasteiger partial charge is 0.508 e. The molecule has 0 spiro atoms. The number of hydrogen-bond acceptors (Lipinski definition) is 3. The highest BCUT2D eigenvalue weighted by Crippen LogP contribution is 2.21. The van der Waals surface area contributed by atoms with Crippen LogP contribution in [0.4, 0.5) is 0 Å². The van der Waals surface area contributed by atoms with Gasteiger partial charge in [-0.25, -0.2) is 4.79 Å². The van der Waals surface area contributed by atoms with Crippen molar-refractivity contribution in [2.75, 3.05) is 6.54 Å². The van der Waals surface area contributed by atoms with Gasteiger partial charge in [0.05, 0.1) is 10.6 Å². The highest BCUT2D eigenvalue weighted by atomic mass is 35.5. The van der Waals surface area contributed by atoms with Gasteiger partial charge in [-0.15, -0.1) is 0 Å². The summed E-state index contributed by atoms with van der Waals surface area (Å²) >= 11 is 6.08. The molecule has 0 fully saturated rings. The zero-order valence-corrected chi connectivity index (χ0v) is 16.5. The van der Waals surface area contributed by atoms with Crippen LogP contribution in [0.3, 0.4) is 0 Å². The smallest absolute Gasteiger partial charge is 0.335 e. The second kappa shape index (κ2) is 9.82. The summed E-state index contributed by atoms with van der Waals surface area (Å²) in [6.45, 7) is 4.16. The Hall–Kier alpha value is -2.97. The molecule has 5 nitrogen and oxygen atoms in total. The van der Waals surface area contributed by atoms with E-state index in [0.29, 0.717) is 35.5 Å². The Balaban J connectivity index is 2.20. The van der Waals surface area contributed by atoms with Gasteiger partial charge in [-0.1, -0.05) is 37.3 Å². The summed E-state index contributed by atoms with van der Waals surface area (Å²) < 4.78 is 0. The van der Waals surface area contributed by atoms with Crippen molar-refractivity contribution in [3.8, 4) is 17.6 Å².